The lowest BCUT2D eigenvalue weighted by Gasteiger charge is -2.19. The van der Waals surface area contributed by atoms with Gasteiger partial charge in [-0.15, -0.1) is 0 Å². The van der Waals surface area contributed by atoms with Crippen LogP contribution in [0.2, 0.25) is 0 Å². The Hall–Kier alpha value is -1.92. The second-order valence-corrected chi connectivity index (χ2v) is 8.62. The van der Waals surface area contributed by atoms with Crippen LogP contribution in [0.5, 0.6) is 5.75 Å². The highest BCUT2D eigenvalue weighted by Gasteiger charge is 2.13. The van der Waals surface area contributed by atoms with Gasteiger partial charge in [0.05, 0.1) is 33.0 Å². The first kappa shape index (κ1) is 25.3. The summed E-state index contributed by atoms with van der Waals surface area (Å²) in [6, 6.07) is 15.1. The maximum absolute atomic E-state index is 8.66. The van der Waals surface area contributed by atoms with Gasteiger partial charge in [0.15, 0.2) is 0 Å². The van der Waals surface area contributed by atoms with E-state index in [9.17, 15) is 0 Å². The molecule has 0 saturated heterocycles. The van der Waals surface area contributed by atoms with Crippen LogP contribution in [-0.4, -0.2) is 58.0 Å². The average Bonchev–Trinajstić information content (AvgIpc) is 2.73. The monoisotopic (exact) mass is 430 g/mol. The molecule has 0 heterocycles. The molecule has 2 rings (SSSR count). The highest BCUT2D eigenvalue weighted by molar-refractivity contribution is 5.66. The molecule has 1 N–H and O–H groups in total. The van der Waals surface area contributed by atoms with Crippen molar-refractivity contribution < 1.29 is 24.1 Å². The van der Waals surface area contributed by atoms with Crippen LogP contribution in [0.15, 0.2) is 42.5 Å². The van der Waals surface area contributed by atoms with E-state index in [1.165, 1.54) is 16.7 Å². The molecule has 5 heteroatoms. The normalized spacial score (nSPS) is 11.6. The van der Waals surface area contributed by atoms with Crippen molar-refractivity contribution >= 4 is 0 Å². The van der Waals surface area contributed by atoms with Crippen molar-refractivity contribution in [2.45, 2.75) is 39.5 Å². The zero-order valence-electron chi connectivity index (χ0n) is 19.5. The minimum atomic E-state index is 0.151. The topological polar surface area (TPSA) is 57.2 Å². The fraction of sp³-hybridized carbons (Fsp3) is 0.538. The summed E-state index contributed by atoms with van der Waals surface area (Å²) in [6.07, 6.45) is 0.662. The molecule has 2 aromatic carbocycles. The predicted octanol–water partition coefficient (Wildman–Crippen LogP) is 4.77. The Kier molecular flexibility index (Phi) is 11.0. The standard InChI is InChI=1S/C26H38O5/c1-21-18-23(22-6-8-24(9-7-22)26(2,3)4)20-25(19-21)31-17-16-30-15-14-29-13-12-28-11-5-10-27/h6-9,18-20,27H,5,10-17H2,1-4H3. The number of aliphatic hydroxyl groups excluding tert-OH is 1. The summed E-state index contributed by atoms with van der Waals surface area (Å²) in [5.41, 5.74) is 5.00. The van der Waals surface area contributed by atoms with E-state index in [0.29, 0.717) is 52.7 Å². The predicted molar refractivity (Wildman–Crippen MR) is 125 cm³/mol. The van der Waals surface area contributed by atoms with E-state index >= 15 is 0 Å². The van der Waals surface area contributed by atoms with E-state index in [1.807, 2.05) is 6.07 Å². The Morgan fingerprint density at radius 1 is 0.710 bits per heavy atom. The lowest BCUT2D eigenvalue weighted by Crippen LogP contribution is -2.13. The summed E-state index contributed by atoms with van der Waals surface area (Å²) < 4.78 is 22.2. The highest BCUT2D eigenvalue weighted by atomic mass is 16.6. The highest BCUT2D eigenvalue weighted by Crippen LogP contribution is 2.29. The molecule has 0 aromatic heterocycles. The number of aliphatic hydroxyl groups is 1. The fourth-order valence-electron chi connectivity index (χ4n) is 3.09. The minimum absolute atomic E-state index is 0.151. The second kappa shape index (κ2) is 13.5. The smallest absolute Gasteiger partial charge is 0.120 e. The summed E-state index contributed by atoms with van der Waals surface area (Å²) in [7, 11) is 0. The van der Waals surface area contributed by atoms with E-state index in [0.717, 1.165) is 11.3 Å². The molecule has 172 valence electrons. The Labute approximate surface area is 187 Å². The van der Waals surface area contributed by atoms with Gasteiger partial charge in [0.1, 0.15) is 12.4 Å². The van der Waals surface area contributed by atoms with Crippen molar-refractivity contribution in [2.24, 2.45) is 0 Å². The van der Waals surface area contributed by atoms with Gasteiger partial charge >= 0.3 is 0 Å². The van der Waals surface area contributed by atoms with Crippen LogP contribution in [0.25, 0.3) is 11.1 Å². The first-order chi connectivity index (χ1) is 14.9. The molecule has 0 atom stereocenters. The number of aryl methyl sites for hydroxylation is 1. The third-order valence-electron chi connectivity index (χ3n) is 4.82. The molecule has 0 bridgehead atoms. The van der Waals surface area contributed by atoms with Crippen molar-refractivity contribution in [3.05, 3.63) is 53.6 Å². The van der Waals surface area contributed by atoms with Gasteiger partial charge in [-0.05, 0) is 53.1 Å². The lowest BCUT2D eigenvalue weighted by atomic mass is 9.86. The van der Waals surface area contributed by atoms with E-state index in [4.69, 9.17) is 24.1 Å². The third kappa shape index (κ3) is 9.83. The molecule has 5 nitrogen and oxygen atoms in total. The van der Waals surface area contributed by atoms with Gasteiger partial charge in [0.25, 0.3) is 0 Å². The molecule has 0 aliphatic carbocycles. The van der Waals surface area contributed by atoms with E-state index in [2.05, 4.69) is 64.1 Å². The molecule has 0 fully saturated rings. The zero-order chi connectivity index (χ0) is 22.5. The summed E-state index contributed by atoms with van der Waals surface area (Å²) in [4.78, 5) is 0. The number of rotatable bonds is 14. The molecule has 0 amide bonds. The molecule has 2 aromatic rings. The number of hydrogen-bond acceptors (Lipinski definition) is 5. The zero-order valence-corrected chi connectivity index (χ0v) is 19.5. The quantitative estimate of drug-likeness (QED) is 0.438. The van der Waals surface area contributed by atoms with Gasteiger partial charge in [-0.25, -0.2) is 0 Å². The van der Waals surface area contributed by atoms with E-state index < -0.39 is 0 Å². The maximum Gasteiger partial charge on any atom is 0.120 e. The van der Waals surface area contributed by atoms with Gasteiger partial charge in [0.2, 0.25) is 0 Å². The minimum Gasteiger partial charge on any atom is -0.491 e. The SMILES string of the molecule is Cc1cc(OCCOCCOCCOCCCO)cc(-c2ccc(C(C)(C)C)cc2)c1. The number of hydrogen-bond donors (Lipinski definition) is 1. The first-order valence-electron chi connectivity index (χ1n) is 11.1. The van der Waals surface area contributed by atoms with E-state index in [-0.39, 0.29) is 12.0 Å². The molecule has 0 radical (unpaired) electrons. The van der Waals surface area contributed by atoms with Gasteiger partial charge in [-0.2, -0.15) is 0 Å². The number of ether oxygens (including phenoxy) is 4. The Balaban J connectivity index is 1.69. The summed E-state index contributed by atoms with van der Waals surface area (Å²) in [5, 5.41) is 8.66. The van der Waals surface area contributed by atoms with Crippen molar-refractivity contribution in [3.8, 4) is 16.9 Å². The van der Waals surface area contributed by atoms with E-state index in [1.54, 1.807) is 0 Å². The van der Waals surface area contributed by atoms with Crippen LogP contribution < -0.4 is 4.74 Å². The first-order valence-corrected chi connectivity index (χ1v) is 11.1. The van der Waals surface area contributed by atoms with Crippen LogP contribution in [0.4, 0.5) is 0 Å². The Bertz CT molecular complexity index is 749. The van der Waals surface area contributed by atoms with Crippen LogP contribution in [0.3, 0.4) is 0 Å². The van der Waals surface area contributed by atoms with Crippen molar-refractivity contribution in [3.63, 3.8) is 0 Å². The van der Waals surface area contributed by atoms with Crippen molar-refractivity contribution in [1.82, 2.24) is 0 Å². The van der Waals surface area contributed by atoms with Crippen LogP contribution in [0.1, 0.15) is 38.3 Å². The largest absolute Gasteiger partial charge is 0.491 e. The molecule has 0 aliphatic heterocycles. The molecule has 0 unspecified atom stereocenters. The average molecular weight is 431 g/mol. The van der Waals surface area contributed by atoms with Gasteiger partial charge < -0.3 is 24.1 Å². The van der Waals surface area contributed by atoms with Crippen molar-refractivity contribution in [1.29, 1.82) is 0 Å². The van der Waals surface area contributed by atoms with Crippen LogP contribution in [-0.2, 0) is 19.6 Å². The Morgan fingerprint density at radius 3 is 1.87 bits per heavy atom. The second-order valence-electron chi connectivity index (χ2n) is 8.62. The summed E-state index contributed by atoms with van der Waals surface area (Å²) in [5.74, 6) is 0.856. The van der Waals surface area contributed by atoms with Crippen molar-refractivity contribution in [2.75, 3.05) is 52.9 Å². The fourth-order valence-corrected chi connectivity index (χ4v) is 3.09. The van der Waals surface area contributed by atoms with Gasteiger partial charge in [-0.1, -0.05) is 51.1 Å². The molecule has 0 spiro atoms. The van der Waals surface area contributed by atoms with Crippen LogP contribution in [0, 0.1) is 6.92 Å². The van der Waals surface area contributed by atoms with Gasteiger partial charge in [0, 0.05) is 13.2 Å². The lowest BCUT2D eigenvalue weighted by molar-refractivity contribution is 0.00752. The number of benzene rings is 2. The molecule has 0 saturated carbocycles. The van der Waals surface area contributed by atoms with Crippen LogP contribution >= 0.6 is 0 Å². The Morgan fingerprint density at radius 2 is 1.29 bits per heavy atom. The molecular weight excluding hydrogens is 392 g/mol. The molecule has 31 heavy (non-hydrogen) atoms. The summed E-state index contributed by atoms with van der Waals surface area (Å²) >= 11 is 0. The van der Waals surface area contributed by atoms with Gasteiger partial charge in [-0.3, -0.25) is 0 Å². The summed E-state index contributed by atoms with van der Waals surface area (Å²) in [6.45, 7) is 12.6. The maximum atomic E-state index is 8.66. The third-order valence-corrected chi connectivity index (χ3v) is 4.82. The molecule has 0 aliphatic rings. The molecular formula is C26H38O5.